The van der Waals surface area contributed by atoms with E-state index in [1.54, 1.807) is 61.7 Å². The van der Waals surface area contributed by atoms with Gasteiger partial charge in [-0.25, -0.2) is 13.9 Å². The Hall–Kier alpha value is -4.44. The zero-order valence-corrected chi connectivity index (χ0v) is 21.8. The molecule has 0 saturated heterocycles. The highest BCUT2D eigenvalue weighted by atomic mass is 32.1. The van der Waals surface area contributed by atoms with Crippen LogP contribution in [0.1, 0.15) is 11.1 Å². The molecule has 4 amide bonds. The fraction of sp³-hybridized carbons (Fsp3) is 0.179. The number of amides is 4. The van der Waals surface area contributed by atoms with Crippen molar-refractivity contribution in [3.8, 4) is 23.0 Å². The molecule has 1 aliphatic rings. The van der Waals surface area contributed by atoms with Crippen molar-refractivity contribution in [2.45, 2.75) is 13.0 Å². The van der Waals surface area contributed by atoms with Gasteiger partial charge >= 0.3 is 12.1 Å². The zero-order chi connectivity index (χ0) is 26.6. The van der Waals surface area contributed by atoms with Crippen LogP contribution in [0.4, 0.5) is 15.3 Å². The minimum Gasteiger partial charge on any atom is -0.493 e. The minimum atomic E-state index is -0.646. The molecule has 0 fully saturated rings. The molecule has 38 heavy (non-hydrogen) atoms. The normalized spacial score (nSPS) is 12.4. The molecule has 1 N–H and O–H groups in total. The fourth-order valence-electron chi connectivity index (χ4n) is 4.33. The maximum absolute atomic E-state index is 12.7. The lowest BCUT2D eigenvalue weighted by atomic mass is 10.0. The molecule has 0 bridgehead atoms. The van der Waals surface area contributed by atoms with E-state index in [0.29, 0.717) is 47.3 Å². The predicted molar refractivity (Wildman–Crippen MR) is 147 cm³/mol. The number of urea groups is 2. The second-order valence-electron chi connectivity index (χ2n) is 8.62. The van der Waals surface area contributed by atoms with Crippen LogP contribution in [0.15, 0.2) is 72.9 Å². The molecule has 0 radical (unpaired) electrons. The number of hydrogen-bond acceptors (Lipinski definition) is 7. The van der Waals surface area contributed by atoms with Gasteiger partial charge in [-0.2, -0.15) is 0 Å². The molecule has 0 saturated carbocycles. The molecule has 0 unspecified atom stereocenters. The van der Waals surface area contributed by atoms with Crippen molar-refractivity contribution >= 4 is 41.5 Å². The Labute approximate surface area is 225 Å². The van der Waals surface area contributed by atoms with Crippen molar-refractivity contribution in [2.24, 2.45) is 0 Å². The van der Waals surface area contributed by atoms with Crippen LogP contribution in [-0.4, -0.2) is 42.7 Å². The first-order valence-corrected chi connectivity index (χ1v) is 12.3. The van der Waals surface area contributed by atoms with E-state index in [0.717, 1.165) is 21.7 Å². The number of nitrogens with zero attached hydrogens (tertiary/aromatic N) is 3. The number of anilines is 1. The Bertz CT molecular complexity index is 1490. The molecular weight excluding hydrogens is 504 g/mol. The van der Waals surface area contributed by atoms with Gasteiger partial charge in [0.1, 0.15) is 11.5 Å². The number of pyridine rings is 1. The molecule has 1 aliphatic heterocycles. The summed E-state index contributed by atoms with van der Waals surface area (Å²) in [5.74, 6) is 2.26. The molecule has 0 atom stereocenters. The fourth-order valence-corrected chi connectivity index (χ4v) is 4.51. The number of ether oxygens (including phenoxy) is 3. The molecular formula is C28H26N4O5S. The summed E-state index contributed by atoms with van der Waals surface area (Å²) < 4.78 is 17.9. The van der Waals surface area contributed by atoms with Gasteiger partial charge in [0, 0.05) is 30.7 Å². The van der Waals surface area contributed by atoms with E-state index in [-0.39, 0.29) is 0 Å². The Kier molecular flexibility index (Phi) is 7.23. The summed E-state index contributed by atoms with van der Waals surface area (Å²) in [5.41, 5.74) is 3.47. The molecule has 194 valence electrons. The first-order chi connectivity index (χ1) is 18.5. The number of carbonyl (C=O) groups is 2. The number of hydrogen-bond donors (Lipinski definition) is 2. The molecule has 3 aromatic carbocycles. The largest absolute Gasteiger partial charge is 0.493 e. The minimum absolute atomic E-state index is 0.455. The molecule has 10 heteroatoms. The second-order valence-corrected chi connectivity index (χ2v) is 9.02. The van der Waals surface area contributed by atoms with Gasteiger partial charge in [0.05, 0.1) is 25.4 Å². The maximum Gasteiger partial charge on any atom is 0.340 e. The average Bonchev–Trinajstić information content (AvgIpc) is 2.96. The van der Waals surface area contributed by atoms with Crippen LogP contribution in [0.2, 0.25) is 0 Å². The SMILES string of the molecule is COc1cc2nccc(Oc3ccc(N(S)C(=O)NC(=O)N4CCc5ccccc5C4)cc3)c2cc1OC. The standard InChI is InChI=1S/C28H26N4O5S/c1-35-25-15-22-23(16-26(25)36-2)29-13-11-24(22)37-21-9-7-20(8-10-21)32(38)28(34)30-27(33)31-14-12-18-5-3-4-6-19(18)17-31/h3-11,13,15-16,38H,12,14,17H2,1-2H3,(H,30,33,34). The van der Waals surface area contributed by atoms with Crippen molar-refractivity contribution in [2.75, 3.05) is 25.1 Å². The maximum atomic E-state index is 12.7. The summed E-state index contributed by atoms with van der Waals surface area (Å²) in [5, 5.41) is 3.16. The second kappa shape index (κ2) is 10.9. The summed E-state index contributed by atoms with van der Waals surface area (Å²) in [6.45, 7) is 0.993. The number of nitrogens with one attached hydrogen (secondary N) is 1. The van der Waals surface area contributed by atoms with Crippen molar-refractivity contribution in [3.05, 3.63) is 84.1 Å². The van der Waals surface area contributed by atoms with Crippen LogP contribution in [0.3, 0.4) is 0 Å². The van der Waals surface area contributed by atoms with Crippen LogP contribution in [-0.2, 0) is 13.0 Å². The van der Waals surface area contributed by atoms with E-state index in [2.05, 4.69) is 29.2 Å². The van der Waals surface area contributed by atoms with E-state index in [1.807, 2.05) is 24.3 Å². The summed E-state index contributed by atoms with van der Waals surface area (Å²) >= 11 is 4.30. The number of fused-ring (bicyclic) bond motifs is 2. The topological polar surface area (TPSA) is 93.2 Å². The summed E-state index contributed by atoms with van der Waals surface area (Å²) in [6.07, 6.45) is 2.40. The molecule has 9 nitrogen and oxygen atoms in total. The first-order valence-electron chi connectivity index (χ1n) is 11.9. The smallest absolute Gasteiger partial charge is 0.340 e. The van der Waals surface area contributed by atoms with Gasteiger partial charge in [-0.15, -0.1) is 0 Å². The number of benzene rings is 3. The van der Waals surface area contributed by atoms with E-state index in [1.165, 1.54) is 5.56 Å². The number of carbonyl (C=O) groups excluding carboxylic acids is 2. The Balaban J connectivity index is 1.25. The summed E-state index contributed by atoms with van der Waals surface area (Å²) in [7, 11) is 3.14. The van der Waals surface area contributed by atoms with E-state index >= 15 is 0 Å². The number of methoxy groups -OCH3 is 2. The van der Waals surface area contributed by atoms with Crippen LogP contribution in [0.5, 0.6) is 23.0 Å². The third-order valence-corrected chi connectivity index (χ3v) is 6.75. The van der Waals surface area contributed by atoms with Gasteiger partial charge in [0.2, 0.25) is 0 Å². The molecule has 2 heterocycles. The van der Waals surface area contributed by atoms with Crippen LogP contribution in [0, 0.1) is 0 Å². The molecule has 5 rings (SSSR count). The summed E-state index contributed by atoms with van der Waals surface area (Å²) in [4.78, 5) is 31.4. The average molecular weight is 531 g/mol. The molecule has 4 aromatic rings. The van der Waals surface area contributed by atoms with Crippen molar-refractivity contribution < 1.29 is 23.8 Å². The third-order valence-electron chi connectivity index (χ3n) is 6.34. The molecule has 1 aromatic heterocycles. The monoisotopic (exact) mass is 530 g/mol. The predicted octanol–water partition coefficient (Wildman–Crippen LogP) is 5.58. The Morgan fingerprint density at radius 1 is 0.947 bits per heavy atom. The number of rotatable bonds is 5. The van der Waals surface area contributed by atoms with Gasteiger partial charge in [-0.1, -0.05) is 37.1 Å². The van der Waals surface area contributed by atoms with Crippen molar-refractivity contribution in [3.63, 3.8) is 0 Å². The zero-order valence-electron chi connectivity index (χ0n) is 20.9. The van der Waals surface area contributed by atoms with Gasteiger partial charge in [-0.05, 0) is 53.9 Å². The molecule has 0 aliphatic carbocycles. The number of thiol groups is 1. The van der Waals surface area contributed by atoms with Gasteiger partial charge in [-0.3, -0.25) is 10.3 Å². The van der Waals surface area contributed by atoms with Crippen LogP contribution in [0.25, 0.3) is 10.9 Å². The highest BCUT2D eigenvalue weighted by molar-refractivity contribution is 7.82. The van der Waals surface area contributed by atoms with Crippen molar-refractivity contribution in [1.29, 1.82) is 0 Å². The van der Waals surface area contributed by atoms with Gasteiger partial charge in [0.15, 0.2) is 11.5 Å². The molecule has 0 spiro atoms. The highest BCUT2D eigenvalue weighted by Crippen LogP contribution is 2.37. The van der Waals surface area contributed by atoms with Crippen LogP contribution >= 0.6 is 12.8 Å². The van der Waals surface area contributed by atoms with Crippen molar-refractivity contribution in [1.82, 2.24) is 15.2 Å². The lowest BCUT2D eigenvalue weighted by molar-refractivity contribution is 0.191. The quantitative estimate of drug-likeness (QED) is 0.327. The lowest BCUT2D eigenvalue weighted by Gasteiger charge is -2.29. The Morgan fingerprint density at radius 3 is 2.39 bits per heavy atom. The number of aromatic nitrogens is 1. The lowest BCUT2D eigenvalue weighted by Crippen LogP contribution is -2.47. The van der Waals surface area contributed by atoms with E-state index in [4.69, 9.17) is 14.2 Å². The highest BCUT2D eigenvalue weighted by Gasteiger charge is 2.23. The first kappa shape index (κ1) is 25.2. The third kappa shape index (κ3) is 5.16. The van der Waals surface area contributed by atoms with Crippen LogP contribution < -0.4 is 23.8 Å². The van der Waals surface area contributed by atoms with E-state index < -0.39 is 12.1 Å². The van der Waals surface area contributed by atoms with E-state index in [9.17, 15) is 9.59 Å². The Morgan fingerprint density at radius 2 is 1.66 bits per heavy atom. The van der Waals surface area contributed by atoms with Gasteiger partial charge < -0.3 is 19.1 Å². The summed E-state index contributed by atoms with van der Waals surface area (Å²) in [6, 6.07) is 19.0. The van der Waals surface area contributed by atoms with Gasteiger partial charge in [0.25, 0.3) is 0 Å². The number of imide groups is 1.